The fraction of sp³-hybridized carbons (Fsp3) is 0.150. The Balaban J connectivity index is 1.71. The average Bonchev–Trinajstić information content (AvgIpc) is 3.25. The Kier molecular flexibility index (Phi) is 5.02. The van der Waals surface area contributed by atoms with Gasteiger partial charge in [-0.25, -0.2) is 4.98 Å². The largest absolute Gasteiger partial charge is 0.492 e. The Hall–Kier alpha value is -2.90. The lowest BCUT2D eigenvalue weighted by Crippen LogP contribution is -2.15. The Labute approximate surface area is 170 Å². The first kappa shape index (κ1) is 18.5. The highest BCUT2D eigenvalue weighted by Gasteiger charge is 2.17. The maximum absolute atomic E-state index is 12.6. The van der Waals surface area contributed by atoms with E-state index in [1.807, 2.05) is 32.0 Å². The van der Waals surface area contributed by atoms with Gasteiger partial charge in [-0.15, -0.1) is 0 Å². The number of carbonyl (C=O) groups excluding carboxylic acids is 1. The van der Waals surface area contributed by atoms with Crippen LogP contribution in [-0.2, 0) is 0 Å². The maximum atomic E-state index is 12.6. The van der Waals surface area contributed by atoms with Crippen LogP contribution in [0.4, 0.5) is 5.82 Å². The van der Waals surface area contributed by atoms with Crippen molar-refractivity contribution < 1.29 is 9.53 Å². The molecule has 0 atom stereocenters. The molecule has 142 valence electrons. The van der Waals surface area contributed by atoms with Gasteiger partial charge in [-0.3, -0.25) is 4.79 Å². The molecule has 1 amide bonds. The SMILES string of the molecule is CCOc1cccc2sc(-n3nc(C)cc3NC(=O)c3cccc(Cl)c3)nc12. The van der Waals surface area contributed by atoms with E-state index in [1.165, 1.54) is 11.3 Å². The second kappa shape index (κ2) is 7.61. The van der Waals surface area contributed by atoms with Gasteiger partial charge in [0.25, 0.3) is 5.91 Å². The maximum Gasteiger partial charge on any atom is 0.256 e. The number of anilines is 1. The van der Waals surface area contributed by atoms with Gasteiger partial charge >= 0.3 is 0 Å². The number of aromatic nitrogens is 3. The van der Waals surface area contributed by atoms with Gasteiger partial charge < -0.3 is 10.1 Å². The third-order valence-corrected chi connectivity index (χ3v) is 5.24. The highest BCUT2D eigenvalue weighted by Crippen LogP contribution is 2.32. The number of rotatable bonds is 5. The van der Waals surface area contributed by atoms with Crippen LogP contribution in [0.15, 0.2) is 48.5 Å². The van der Waals surface area contributed by atoms with Crippen LogP contribution in [0.3, 0.4) is 0 Å². The zero-order chi connectivity index (χ0) is 19.7. The Morgan fingerprint density at radius 1 is 1.25 bits per heavy atom. The third kappa shape index (κ3) is 3.58. The molecule has 6 nitrogen and oxygen atoms in total. The molecule has 2 aromatic heterocycles. The van der Waals surface area contributed by atoms with E-state index in [2.05, 4.69) is 10.4 Å². The molecule has 0 spiro atoms. The van der Waals surface area contributed by atoms with Gasteiger partial charge in [0.05, 0.1) is 17.0 Å². The van der Waals surface area contributed by atoms with Crippen molar-refractivity contribution in [1.82, 2.24) is 14.8 Å². The van der Waals surface area contributed by atoms with Crippen molar-refractivity contribution in [2.24, 2.45) is 0 Å². The number of fused-ring (bicyclic) bond motifs is 1. The molecule has 1 N–H and O–H groups in total. The fourth-order valence-corrected chi connectivity index (χ4v) is 3.97. The molecule has 0 aliphatic rings. The molecule has 8 heteroatoms. The number of aryl methyl sites for hydroxylation is 1. The summed E-state index contributed by atoms with van der Waals surface area (Å²) in [6, 6.07) is 14.4. The zero-order valence-corrected chi connectivity index (χ0v) is 16.8. The average molecular weight is 413 g/mol. The molecule has 0 aliphatic heterocycles. The van der Waals surface area contributed by atoms with Gasteiger partial charge in [0.1, 0.15) is 17.1 Å². The molecule has 4 aromatic rings. The standard InChI is InChI=1S/C20H17ClN4O2S/c1-3-27-15-8-5-9-16-18(15)23-20(28-16)25-17(10-12(2)24-25)22-19(26)13-6-4-7-14(21)11-13/h4-11H,3H2,1-2H3,(H,22,26). The summed E-state index contributed by atoms with van der Waals surface area (Å²) in [5, 5.41) is 8.55. The Morgan fingerprint density at radius 2 is 2.07 bits per heavy atom. The van der Waals surface area contributed by atoms with Crippen molar-refractivity contribution in [2.45, 2.75) is 13.8 Å². The number of nitrogens with one attached hydrogen (secondary N) is 1. The van der Waals surface area contributed by atoms with Crippen molar-refractivity contribution in [2.75, 3.05) is 11.9 Å². The van der Waals surface area contributed by atoms with Gasteiger partial charge in [-0.1, -0.05) is 35.1 Å². The Morgan fingerprint density at radius 3 is 2.86 bits per heavy atom. The fourth-order valence-electron chi connectivity index (χ4n) is 2.83. The minimum Gasteiger partial charge on any atom is -0.492 e. The molecule has 0 unspecified atom stereocenters. The molecule has 4 rings (SSSR count). The highest BCUT2D eigenvalue weighted by molar-refractivity contribution is 7.20. The van der Waals surface area contributed by atoms with Crippen molar-refractivity contribution in [3.05, 3.63) is 64.8 Å². The molecular formula is C20H17ClN4O2S. The normalized spacial score (nSPS) is 11.0. The van der Waals surface area contributed by atoms with Crippen LogP contribution in [0.25, 0.3) is 15.3 Å². The lowest BCUT2D eigenvalue weighted by atomic mass is 10.2. The number of amides is 1. The van der Waals surface area contributed by atoms with E-state index < -0.39 is 0 Å². The molecule has 2 aromatic carbocycles. The second-order valence-electron chi connectivity index (χ2n) is 6.08. The van der Waals surface area contributed by atoms with Gasteiger partial charge in [-0.2, -0.15) is 9.78 Å². The number of benzene rings is 2. The van der Waals surface area contributed by atoms with Crippen LogP contribution < -0.4 is 10.1 Å². The summed E-state index contributed by atoms with van der Waals surface area (Å²) in [4.78, 5) is 17.3. The van der Waals surface area contributed by atoms with Crippen LogP contribution in [0, 0.1) is 6.92 Å². The third-order valence-electron chi connectivity index (χ3n) is 4.01. The van der Waals surface area contributed by atoms with Crippen LogP contribution >= 0.6 is 22.9 Å². The monoisotopic (exact) mass is 412 g/mol. The van der Waals surface area contributed by atoms with E-state index in [0.717, 1.165) is 21.7 Å². The summed E-state index contributed by atoms with van der Waals surface area (Å²) in [6.07, 6.45) is 0. The summed E-state index contributed by atoms with van der Waals surface area (Å²) in [5.74, 6) is 1.01. The molecule has 0 saturated heterocycles. The molecule has 0 radical (unpaired) electrons. The van der Waals surface area contributed by atoms with Crippen LogP contribution in [-0.4, -0.2) is 27.3 Å². The molecular weight excluding hydrogens is 396 g/mol. The first-order chi connectivity index (χ1) is 13.5. The quantitative estimate of drug-likeness (QED) is 0.495. The first-order valence-electron chi connectivity index (χ1n) is 8.71. The number of para-hydroxylation sites is 1. The topological polar surface area (TPSA) is 69.0 Å². The van der Waals surface area contributed by atoms with E-state index in [0.29, 0.717) is 28.1 Å². The molecule has 28 heavy (non-hydrogen) atoms. The summed E-state index contributed by atoms with van der Waals surface area (Å²) >= 11 is 7.47. The minimum atomic E-state index is -0.264. The van der Waals surface area contributed by atoms with Crippen molar-refractivity contribution >= 4 is 44.9 Å². The first-order valence-corrected chi connectivity index (χ1v) is 9.91. The van der Waals surface area contributed by atoms with Gasteiger partial charge in [0.2, 0.25) is 5.13 Å². The lowest BCUT2D eigenvalue weighted by molar-refractivity contribution is 0.102. The predicted octanol–water partition coefficient (Wildman–Crippen LogP) is 5.09. The van der Waals surface area contributed by atoms with Crippen LogP contribution in [0.1, 0.15) is 23.0 Å². The summed E-state index contributed by atoms with van der Waals surface area (Å²) in [5.41, 5.74) is 2.02. The number of hydrogen-bond acceptors (Lipinski definition) is 5. The van der Waals surface area contributed by atoms with E-state index in [1.54, 1.807) is 35.0 Å². The predicted molar refractivity (Wildman–Crippen MR) is 112 cm³/mol. The number of halogens is 1. The molecule has 2 heterocycles. The van der Waals surface area contributed by atoms with Gasteiger partial charge in [0, 0.05) is 16.7 Å². The molecule has 0 aliphatic carbocycles. The molecule has 0 fully saturated rings. The van der Waals surface area contributed by atoms with Gasteiger partial charge in [-0.05, 0) is 44.2 Å². The van der Waals surface area contributed by atoms with Gasteiger partial charge in [0.15, 0.2) is 0 Å². The van der Waals surface area contributed by atoms with E-state index >= 15 is 0 Å². The van der Waals surface area contributed by atoms with Crippen LogP contribution in [0.5, 0.6) is 5.75 Å². The summed E-state index contributed by atoms with van der Waals surface area (Å²) < 4.78 is 8.29. The number of carbonyl (C=O) groups is 1. The number of thiazole rings is 1. The van der Waals surface area contributed by atoms with E-state index in [4.69, 9.17) is 21.3 Å². The Bertz CT molecular complexity index is 1170. The summed E-state index contributed by atoms with van der Waals surface area (Å²) in [6.45, 7) is 4.37. The lowest BCUT2D eigenvalue weighted by Gasteiger charge is -2.06. The minimum absolute atomic E-state index is 0.264. The van der Waals surface area contributed by atoms with Crippen LogP contribution in [0.2, 0.25) is 5.02 Å². The highest BCUT2D eigenvalue weighted by atomic mass is 35.5. The zero-order valence-electron chi connectivity index (χ0n) is 15.3. The smallest absolute Gasteiger partial charge is 0.256 e. The van der Waals surface area contributed by atoms with Crippen molar-refractivity contribution in [3.8, 4) is 10.9 Å². The van der Waals surface area contributed by atoms with E-state index in [9.17, 15) is 4.79 Å². The number of ether oxygens (including phenoxy) is 1. The van der Waals surface area contributed by atoms with Crippen molar-refractivity contribution in [1.29, 1.82) is 0 Å². The molecule has 0 saturated carbocycles. The number of hydrogen-bond donors (Lipinski definition) is 1. The number of nitrogens with zero attached hydrogens (tertiary/aromatic N) is 3. The van der Waals surface area contributed by atoms with E-state index in [-0.39, 0.29) is 5.91 Å². The van der Waals surface area contributed by atoms with Crippen molar-refractivity contribution in [3.63, 3.8) is 0 Å². The second-order valence-corrected chi connectivity index (χ2v) is 7.53. The summed E-state index contributed by atoms with van der Waals surface area (Å²) in [7, 11) is 0. The molecule has 0 bridgehead atoms.